The first kappa shape index (κ1) is 32.0. The molecule has 0 heterocycles. The van der Waals surface area contributed by atoms with Gasteiger partial charge in [-0.3, -0.25) is 13.9 Å². The second-order valence-corrected chi connectivity index (χ2v) is 12.1. The van der Waals surface area contributed by atoms with Crippen molar-refractivity contribution >= 4 is 39.1 Å². The van der Waals surface area contributed by atoms with Crippen molar-refractivity contribution in [2.45, 2.75) is 57.4 Å². The maximum absolute atomic E-state index is 13.8. The van der Waals surface area contributed by atoms with Crippen LogP contribution in [0.3, 0.4) is 0 Å². The minimum atomic E-state index is -4.87. The van der Waals surface area contributed by atoms with Crippen LogP contribution in [-0.2, 0) is 32.3 Å². The van der Waals surface area contributed by atoms with Crippen molar-refractivity contribution in [3.05, 3.63) is 94.5 Å². The number of alkyl halides is 3. The van der Waals surface area contributed by atoms with Crippen molar-refractivity contribution < 1.29 is 31.2 Å². The van der Waals surface area contributed by atoms with Gasteiger partial charge in [0.2, 0.25) is 11.8 Å². The lowest BCUT2D eigenvalue weighted by molar-refractivity contribution is -0.139. The first-order chi connectivity index (χ1) is 19.1. The smallest absolute Gasteiger partial charge is 0.352 e. The van der Waals surface area contributed by atoms with E-state index < -0.39 is 56.9 Å². The van der Waals surface area contributed by atoms with Gasteiger partial charge in [-0.1, -0.05) is 59.6 Å². The van der Waals surface area contributed by atoms with E-state index in [0.717, 1.165) is 17.7 Å². The highest BCUT2D eigenvalue weighted by molar-refractivity contribution is 7.92. The quantitative estimate of drug-likeness (QED) is 0.315. The van der Waals surface area contributed by atoms with Crippen LogP contribution in [0.15, 0.2) is 77.7 Å². The molecule has 1 N–H and O–H groups in total. The number of carbonyl (C=O) groups is 2. The van der Waals surface area contributed by atoms with Crippen LogP contribution >= 0.6 is 11.6 Å². The van der Waals surface area contributed by atoms with E-state index in [9.17, 15) is 31.2 Å². The van der Waals surface area contributed by atoms with Crippen LogP contribution in [0, 0.1) is 6.92 Å². The van der Waals surface area contributed by atoms with Gasteiger partial charge in [0.25, 0.3) is 10.0 Å². The molecule has 41 heavy (non-hydrogen) atoms. The van der Waals surface area contributed by atoms with Crippen LogP contribution in [0.1, 0.15) is 37.5 Å². The summed E-state index contributed by atoms with van der Waals surface area (Å²) in [6, 6.07) is 15.6. The molecule has 7 nitrogen and oxygen atoms in total. The predicted molar refractivity (Wildman–Crippen MR) is 152 cm³/mol. The number of nitrogens with one attached hydrogen (secondary N) is 1. The van der Waals surface area contributed by atoms with Crippen molar-refractivity contribution in [1.29, 1.82) is 0 Å². The van der Waals surface area contributed by atoms with E-state index in [1.807, 2.05) is 19.1 Å². The van der Waals surface area contributed by atoms with Gasteiger partial charge in [-0.15, -0.1) is 0 Å². The van der Waals surface area contributed by atoms with Gasteiger partial charge in [-0.25, -0.2) is 8.42 Å². The van der Waals surface area contributed by atoms with Crippen molar-refractivity contribution in [3.63, 3.8) is 0 Å². The summed E-state index contributed by atoms with van der Waals surface area (Å²) in [7, 11) is -4.53. The summed E-state index contributed by atoms with van der Waals surface area (Å²) in [5, 5.41) is 2.12. The maximum Gasteiger partial charge on any atom is 0.417 e. The number of nitrogens with zero attached hydrogens (tertiary/aromatic N) is 2. The number of halogens is 4. The third-order valence-corrected chi connectivity index (χ3v) is 8.34. The number of carbonyl (C=O) groups excluding carboxylic acids is 2. The fourth-order valence-corrected chi connectivity index (χ4v) is 5.66. The van der Waals surface area contributed by atoms with E-state index >= 15 is 0 Å². The third-order valence-electron chi connectivity index (χ3n) is 6.23. The van der Waals surface area contributed by atoms with Gasteiger partial charge in [-0.2, -0.15) is 13.2 Å². The normalized spacial score (nSPS) is 12.6. The van der Waals surface area contributed by atoms with Crippen LogP contribution < -0.4 is 9.62 Å². The number of amides is 2. The number of aryl methyl sites for hydroxylation is 1. The van der Waals surface area contributed by atoms with Crippen LogP contribution in [-0.4, -0.2) is 43.8 Å². The van der Waals surface area contributed by atoms with Crippen LogP contribution in [0.5, 0.6) is 0 Å². The lowest BCUT2D eigenvalue weighted by atomic mass is 10.1. The molecule has 3 rings (SSSR count). The molecule has 3 aromatic carbocycles. The van der Waals surface area contributed by atoms with Crippen molar-refractivity contribution in [3.8, 4) is 0 Å². The summed E-state index contributed by atoms with van der Waals surface area (Å²) >= 11 is 5.78. The molecule has 0 fully saturated rings. The number of hydrogen-bond acceptors (Lipinski definition) is 4. The van der Waals surface area contributed by atoms with Crippen LogP contribution in [0.25, 0.3) is 0 Å². The van der Waals surface area contributed by atoms with Gasteiger partial charge in [0.1, 0.15) is 12.6 Å². The average Bonchev–Trinajstić information content (AvgIpc) is 2.90. The fraction of sp³-hybridized carbons (Fsp3) is 0.310. The van der Waals surface area contributed by atoms with Gasteiger partial charge in [-0.05, 0) is 63.6 Å². The van der Waals surface area contributed by atoms with Crippen molar-refractivity contribution in [2.75, 3.05) is 10.8 Å². The molecule has 1 unspecified atom stereocenters. The lowest BCUT2D eigenvalue weighted by Crippen LogP contribution is -2.52. The molecule has 0 bridgehead atoms. The summed E-state index contributed by atoms with van der Waals surface area (Å²) in [4.78, 5) is 27.8. The van der Waals surface area contributed by atoms with Crippen molar-refractivity contribution in [1.82, 2.24) is 10.2 Å². The van der Waals surface area contributed by atoms with Gasteiger partial charge in [0, 0.05) is 12.6 Å². The predicted octanol–water partition coefficient (Wildman–Crippen LogP) is 5.80. The zero-order valence-corrected chi connectivity index (χ0v) is 24.5. The summed E-state index contributed by atoms with van der Waals surface area (Å²) in [6.45, 7) is 5.98. The SMILES string of the molecule is Cc1ccc(CN(C(=O)CN(c2ccc(Cl)c(C(F)(F)F)c2)S(=O)(=O)c2ccccc2)C(C)C(=O)NC(C)C)cc1. The zero-order valence-electron chi connectivity index (χ0n) is 22.9. The molecule has 0 aliphatic heterocycles. The molecule has 0 aromatic heterocycles. The summed E-state index contributed by atoms with van der Waals surface area (Å²) < 4.78 is 69.2. The Balaban J connectivity index is 2.10. The van der Waals surface area contributed by atoms with Crippen molar-refractivity contribution in [2.24, 2.45) is 0 Å². The minimum Gasteiger partial charge on any atom is -0.352 e. The Morgan fingerprint density at radius 3 is 2.12 bits per heavy atom. The monoisotopic (exact) mass is 609 g/mol. The molecular formula is C29H31ClF3N3O4S. The molecule has 0 saturated heterocycles. The molecule has 2 amide bonds. The number of anilines is 1. The Morgan fingerprint density at radius 1 is 0.951 bits per heavy atom. The number of sulfonamides is 1. The number of benzene rings is 3. The standard InChI is InChI=1S/C29H31ClF3N3O4S/c1-19(2)34-28(38)21(4)35(17-22-12-10-20(3)11-13-22)27(37)18-36(41(39,40)24-8-6-5-7-9-24)23-14-15-26(30)25(16-23)29(31,32)33/h5-16,19,21H,17-18H2,1-4H3,(H,34,38). The molecule has 0 saturated carbocycles. The third kappa shape index (κ3) is 8.01. The first-order valence-corrected chi connectivity index (χ1v) is 14.5. The van der Waals surface area contributed by atoms with Gasteiger partial charge >= 0.3 is 6.18 Å². The molecule has 0 aliphatic rings. The Labute approximate surface area is 243 Å². The van der Waals surface area contributed by atoms with Gasteiger partial charge in [0.15, 0.2) is 0 Å². The number of rotatable bonds is 10. The maximum atomic E-state index is 13.8. The Morgan fingerprint density at radius 2 is 1.56 bits per heavy atom. The highest BCUT2D eigenvalue weighted by Crippen LogP contribution is 2.38. The average molecular weight is 610 g/mol. The highest BCUT2D eigenvalue weighted by Gasteiger charge is 2.37. The second-order valence-electron chi connectivity index (χ2n) is 9.83. The molecule has 3 aromatic rings. The van der Waals surface area contributed by atoms with E-state index in [1.165, 1.54) is 36.1 Å². The first-order valence-electron chi connectivity index (χ1n) is 12.7. The van der Waals surface area contributed by atoms with E-state index in [4.69, 9.17) is 11.6 Å². The summed E-state index contributed by atoms with van der Waals surface area (Å²) in [5.41, 5.74) is -0.0101. The Hall–Kier alpha value is -3.57. The van der Waals surface area contributed by atoms with Gasteiger partial charge < -0.3 is 10.2 Å². The minimum absolute atomic E-state index is 0.0422. The fourth-order valence-electron chi connectivity index (χ4n) is 4.01. The Kier molecular flexibility index (Phi) is 10.1. The zero-order chi connectivity index (χ0) is 30.5. The molecule has 0 aliphatic carbocycles. The molecule has 1 atom stereocenters. The van der Waals surface area contributed by atoms with Crippen LogP contribution in [0.4, 0.5) is 18.9 Å². The van der Waals surface area contributed by atoms with Crippen LogP contribution in [0.2, 0.25) is 5.02 Å². The largest absolute Gasteiger partial charge is 0.417 e. The molecule has 0 spiro atoms. The van der Waals surface area contributed by atoms with E-state index in [-0.39, 0.29) is 17.5 Å². The van der Waals surface area contributed by atoms with E-state index in [0.29, 0.717) is 15.9 Å². The topological polar surface area (TPSA) is 86.8 Å². The molecule has 0 radical (unpaired) electrons. The van der Waals surface area contributed by atoms with Gasteiger partial charge in [0.05, 0.1) is 21.2 Å². The summed E-state index contributed by atoms with van der Waals surface area (Å²) in [6.07, 6.45) is -4.87. The lowest BCUT2D eigenvalue weighted by Gasteiger charge is -2.32. The molecular weight excluding hydrogens is 579 g/mol. The molecule has 220 valence electrons. The second kappa shape index (κ2) is 12.9. The Bertz CT molecular complexity index is 1480. The van der Waals surface area contributed by atoms with E-state index in [1.54, 1.807) is 32.0 Å². The summed E-state index contributed by atoms with van der Waals surface area (Å²) in [5.74, 6) is -1.26. The molecule has 12 heteroatoms. The highest BCUT2D eigenvalue weighted by atomic mass is 35.5. The number of hydrogen-bond donors (Lipinski definition) is 1. The van der Waals surface area contributed by atoms with E-state index in [2.05, 4.69) is 5.32 Å².